The van der Waals surface area contributed by atoms with Gasteiger partial charge in [-0.15, -0.1) is 0 Å². The maximum absolute atomic E-state index is 12.7. The maximum atomic E-state index is 12.7. The van der Waals surface area contributed by atoms with Crippen LogP contribution in [0.1, 0.15) is 22.6 Å². The highest BCUT2D eigenvalue weighted by Gasteiger charge is 2.25. The fourth-order valence-corrected chi connectivity index (χ4v) is 3.57. The lowest BCUT2D eigenvalue weighted by Gasteiger charge is -2.18. The van der Waals surface area contributed by atoms with Gasteiger partial charge in [0.05, 0.1) is 17.6 Å². The number of fused-ring (bicyclic) bond motifs is 1. The molecule has 4 rings (SSSR count). The molecule has 3 aromatic rings. The lowest BCUT2D eigenvalue weighted by Crippen LogP contribution is -2.32. The summed E-state index contributed by atoms with van der Waals surface area (Å²) in [7, 11) is 1.64. The van der Waals surface area contributed by atoms with E-state index in [0.717, 1.165) is 36.5 Å². The number of amides is 1. The molecule has 1 N–H and O–H groups in total. The average molecular weight is 366 g/mol. The van der Waals surface area contributed by atoms with Crippen LogP contribution < -0.4 is 15.8 Å². The fraction of sp³-hybridized carbons (Fsp3) is 0.368. The van der Waals surface area contributed by atoms with E-state index in [1.807, 2.05) is 35.7 Å². The SMILES string of the molecule is Cc1nc2ccccn2c1C(=O)NC[C@@H]1CCN(c2cnn(C)c(=O)c2)C1. The summed E-state index contributed by atoms with van der Waals surface area (Å²) in [5.74, 6) is 0.220. The van der Waals surface area contributed by atoms with Gasteiger partial charge in [-0.1, -0.05) is 6.07 Å². The monoisotopic (exact) mass is 366 g/mol. The Kier molecular flexibility index (Phi) is 4.39. The van der Waals surface area contributed by atoms with Gasteiger partial charge in [-0.3, -0.25) is 14.0 Å². The number of pyridine rings is 1. The number of nitrogens with one attached hydrogen (secondary N) is 1. The largest absolute Gasteiger partial charge is 0.370 e. The second kappa shape index (κ2) is 6.86. The number of hydrogen-bond donors (Lipinski definition) is 1. The zero-order valence-corrected chi connectivity index (χ0v) is 15.4. The van der Waals surface area contributed by atoms with Gasteiger partial charge in [-0.25, -0.2) is 9.67 Å². The number of carbonyl (C=O) groups is 1. The lowest BCUT2D eigenvalue weighted by molar-refractivity contribution is 0.0941. The predicted molar refractivity (Wildman–Crippen MR) is 102 cm³/mol. The van der Waals surface area contributed by atoms with Crippen LogP contribution >= 0.6 is 0 Å². The van der Waals surface area contributed by atoms with Gasteiger partial charge in [-0.2, -0.15) is 5.10 Å². The molecule has 0 aliphatic carbocycles. The third kappa shape index (κ3) is 3.30. The van der Waals surface area contributed by atoms with Crippen LogP contribution in [0.5, 0.6) is 0 Å². The first-order chi connectivity index (χ1) is 13.0. The highest BCUT2D eigenvalue weighted by molar-refractivity contribution is 5.94. The highest BCUT2D eigenvalue weighted by atomic mass is 16.2. The Morgan fingerprint density at radius 2 is 2.22 bits per heavy atom. The first-order valence-corrected chi connectivity index (χ1v) is 9.03. The quantitative estimate of drug-likeness (QED) is 0.744. The van der Waals surface area contributed by atoms with E-state index in [-0.39, 0.29) is 11.5 Å². The Labute approximate surface area is 156 Å². The predicted octanol–water partition coefficient (Wildman–Crippen LogP) is 0.993. The third-order valence-corrected chi connectivity index (χ3v) is 5.08. The van der Waals surface area contributed by atoms with E-state index in [1.54, 1.807) is 19.3 Å². The summed E-state index contributed by atoms with van der Waals surface area (Å²) in [6.07, 6.45) is 4.52. The zero-order chi connectivity index (χ0) is 19.0. The number of rotatable bonds is 4. The molecule has 8 heteroatoms. The molecule has 0 radical (unpaired) electrons. The molecule has 1 fully saturated rings. The van der Waals surface area contributed by atoms with Crippen molar-refractivity contribution in [1.29, 1.82) is 0 Å². The van der Waals surface area contributed by atoms with Crippen LogP contribution in [0.25, 0.3) is 5.65 Å². The minimum Gasteiger partial charge on any atom is -0.370 e. The second-order valence-electron chi connectivity index (χ2n) is 6.96. The number of anilines is 1. The van der Waals surface area contributed by atoms with Gasteiger partial charge >= 0.3 is 0 Å². The van der Waals surface area contributed by atoms with Crippen molar-refractivity contribution in [2.75, 3.05) is 24.5 Å². The number of aryl methyl sites for hydroxylation is 2. The smallest absolute Gasteiger partial charge is 0.270 e. The highest BCUT2D eigenvalue weighted by Crippen LogP contribution is 2.21. The van der Waals surface area contributed by atoms with Crippen LogP contribution in [-0.2, 0) is 7.05 Å². The Morgan fingerprint density at radius 3 is 3.04 bits per heavy atom. The summed E-state index contributed by atoms with van der Waals surface area (Å²) >= 11 is 0. The van der Waals surface area contributed by atoms with Crippen molar-refractivity contribution < 1.29 is 4.79 Å². The summed E-state index contributed by atoms with van der Waals surface area (Å²) in [6.45, 7) is 4.08. The van der Waals surface area contributed by atoms with Gasteiger partial charge in [0.25, 0.3) is 11.5 Å². The van der Waals surface area contributed by atoms with Crippen molar-refractivity contribution in [3.63, 3.8) is 0 Å². The molecule has 0 spiro atoms. The number of carbonyl (C=O) groups excluding carboxylic acids is 1. The summed E-state index contributed by atoms with van der Waals surface area (Å²) in [6, 6.07) is 7.28. The summed E-state index contributed by atoms with van der Waals surface area (Å²) in [4.78, 5) is 31.0. The van der Waals surface area contributed by atoms with Gasteiger partial charge in [-0.05, 0) is 31.4 Å². The Bertz CT molecular complexity index is 1050. The number of aromatic nitrogens is 4. The fourth-order valence-electron chi connectivity index (χ4n) is 3.57. The standard InChI is InChI=1S/C19H22N6O2/c1-13-18(25-7-4-3-5-16(25)22-13)19(27)20-10-14-6-8-24(12-14)15-9-17(26)23(2)21-11-15/h3-5,7,9,11,14H,6,8,10,12H2,1-2H3,(H,20,27)/t14-/m0/s1. The summed E-state index contributed by atoms with van der Waals surface area (Å²) in [5, 5.41) is 7.12. The van der Waals surface area contributed by atoms with Gasteiger partial charge in [0.1, 0.15) is 11.3 Å². The second-order valence-corrected chi connectivity index (χ2v) is 6.96. The Morgan fingerprint density at radius 1 is 1.37 bits per heavy atom. The molecule has 0 unspecified atom stereocenters. The van der Waals surface area contributed by atoms with Crippen molar-refractivity contribution >= 4 is 17.2 Å². The van der Waals surface area contributed by atoms with Gasteiger partial charge < -0.3 is 10.2 Å². The topological polar surface area (TPSA) is 84.5 Å². The van der Waals surface area contributed by atoms with E-state index in [1.165, 1.54) is 4.68 Å². The average Bonchev–Trinajstić information content (AvgIpc) is 3.25. The van der Waals surface area contributed by atoms with Crippen LogP contribution in [0, 0.1) is 12.8 Å². The van der Waals surface area contributed by atoms with Crippen LogP contribution in [0.2, 0.25) is 0 Å². The maximum Gasteiger partial charge on any atom is 0.270 e. The molecular formula is C19H22N6O2. The molecule has 0 bridgehead atoms. The van der Waals surface area contributed by atoms with Crippen LogP contribution in [-0.4, -0.2) is 44.7 Å². The molecule has 1 saturated heterocycles. The number of imidazole rings is 1. The molecule has 0 aromatic carbocycles. The molecule has 1 amide bonds. The van der Waals surface area contributed by atoms with Gasteiger partial charge in [0.2, 0.25) is 0 Å². The van der Waals surface area contributed by atoms with Crippen molar-refractivity contribution in [3.8, 4) is 0 Å². The molecule has 27 heavy (non-hydrogen) atoms. The van der Waals surface area contributed by atoms with Crippen LogP contribution in [0.15, 0.2) is 41.5 Å². The van der Waals surface area contributed by atoms with Crippen LogP contribution in [0.4, 0.5) is 5.69 Å². The molecule has 3 aromatic heterocycles. The van der Waals surface area contributed by atoms with E-state index in [4.69, 9.17) is 0 Å². The lowest BCUT2D eigenvalue weighted by atomic mass is 10.1. The van der Waals surface area contributed by atoms with E-state index < -0.39 is 0 Å². The molecule has 1 aliphatic heterocycles. The Balaban J connectivity index is 1.40. The molecule has 140 valence electrons. The van der Waals surface area contributed by atoms with E-state index in [2.05, 4.69) is 20.3 Å². The first-order valence-electron chi connectivity index (χ1n) is 9.03. The molecule has 0 saturated carbocycles. The van der Waals surface area contributed by atoms with Crippen molar-refractivity contribution in [3.05, 3.63) is 58.4 Å². The first kappa shape index (κ1) is 17.3. The van der Waals surface area contributed by atoms with Gasteiger partial charge in [0.15, 0.2) is 0 Å². The van der Waals surface area contributed by atoms with Gasteiger partial charge in [0, 0.05) is 38.9 Å². The van der Waals surface area contributed by atoms with E-state index in [0.29, 0.717) is 18.2 Å². The third-order valence-electron chi connectivity index (χ3n) is 5.08. The molecule has 1 aliphatic rings. The Hall–Kier alpha value is -3.16. The molecular weight excluding hydrogens is 344 g/mol. The molecule has 1 atom stereocenters. The zero-order valence-electron chi connectivity index (χ0n) is 15.4. The van der Waals surface area contributed by atoms with Crippen molar-refractivity contribution in [2.24, 2.45) is 13.0 Å². The summed E-state index contributed by atoms with van der Waals surface area (Å²) in [5.41, 5.74) is 2.79. The van der Waals surface area contributed by atoms with Crippen molar-refractivity contribution in [1.82, 2.24) is 24.5 Å². The van der Waals surface area contributed by atoms with E-state index >= 15 is 0 Å². The summed E-state index contributed by atoms with van der Waals surface area (Å²) < 4.78 is 3.13. The minimum absolute atomic E-state index is 0.111. The van der Waals surface area contributed by atoms with Crippen LogP contribution in [0.3, 0.4) is 0 Å². The normalized spacial score (nSPS) is 16.8. The minimum atomic E-state index is -0.118. The number of hydrogen-bond acceptors (Lipinski definition) is 5. The molecule has 8 nitrogen and oxygen atoms in total. The van der Waals surface area contributed by atoms with E-state index in [9.17, 15) is 9.59 Å². The van der Waals surface area contributed by atoms with Crippen molar-refractivity contribution in [2.45, 2.75) is 13.3 Å². The number of nitrogens with zero attached hydrogens (tertiary/aromatic N) is 5. The molecule has 4 heterocycles.